The maximum Gasteiger partial charge on any atom is 0.261 e. The standard InChI is InChI=1S/C12H19N5OS/c1-3-7-13-8-5-6-10-15-16-12(18-10)11-9(4-2)14-17-19-11/h13H,3-8H2,1-2H3. The van der Waals surface area contributed by atoms with Crippen molar-refractivity contribution in [2.45, 2.75) is 39.5 Å². The lowest BCUT2D eigenvalue weighted by Gasteiger charge is -1.99. The van der Waals surface area contributed by atoms with Gasteiger partial charge in [-0.3, -0.25) is 0 Å². The van der Waals surface area contributed by atoms with Crippen molar-refractivity contribution < 1.29 is 4.42 Å². The molecule has 0 aliphatic carbocycles. The van der Waals surface area contributed by atoms with E-state index < -0.39 is 0 Å². The van der Waals surface area contributed by atoms with Crippen LogP contribution in [0.2, 0.25) is 0 Å². The van der Waals surface area contributed by atoms with Crippen LogP contribution < -0.4 is 5.32 Å². The van der Waals surface area contributed by atoms with Crippen LogP contribution in [-0.2, 0) is 12.8 Å². The number of nitrogens with one attached hydrogen (secondary N) is 1. The van der Waals surface area contributed by atoms with Gasteiger partial charge in [-0.25, -0.2) is 0 Å². The number of nitrogens with zero attached hydrogens (tertiary/aromatic N) is 4. The lowest BCUT2D eigenvalue weighted by molar-refractivity contribution is 0.491. The molecule has 0 amide bonds. The minimum Gasteiger partial charge on any atom is -0.420 e. The largest absolute Gasteiger partial charge is 0.420 e. The van der Waals surface area contributed by atoms with Crippen molar-refractivity contribution >= 4 is 11.5 Å². The van der Waals surface area contributed by atoms with E-state index in [9.17, 15) is 0 Å². The summed E-state index contributed by atoms with van der Waals surface area (Å²) in [4.78, 5) is 0.894. The lowest BCUT2D eigenvalue weighted by Crippen LogP contribution is -2.16. The van der Waals surface area contributed by atoms with Gasteiger partial charge in [0.1, 0.15) is 4.88 Å². The summed E-state index contributed by atoms with van der Waals surface area (Å²) in [6, 6.07) is 0. The predicted octanol–water partition coefficient (Wildman–Crippen LogP) is 2.08. The first-order valence-electron chi connectivity index (χ1n) is 6.69. The van der Waals surface area contributed by atoms with E-state index in [4.69, 9.17) is 4.42 Å². The summed E-state index contributed by atoms with van der Waals surface area (Å²) in [5, 5.41) is 15.5. The van der Waals surface area contributed by atoms with Crippen LogP contribution in [-0.4, -0.2) is 32.9 Å². The quantitative estimate of drug-likeness (QED) is 0.747. The van der Waals surface area contributed by atoms with Crippen LogP contribution in [0.4, 0.5) is 0 Å². The molecule has 0 unspecified atom stereocenters. The molecule has 2 aromatic rings. The molecule has 0 fully saturated rings. The Kier molecular flexibility index (Phi) is 5.41. The third-order valence-electron chi connectivity index (χ3n) is 2.72. The molecule has 7 heteroatoms. The molecule has 0 atom stereocenters. The van der Waals surface area contributed by atoms with Gasteiger partial charge in [0.25, 0.3) is 5.89 Å². The van der Waals surface area contributed by atoms with Gasteiger partial charge in [0.05, 0.1) is 5.69 Å². The summed E-state index contributed by atoms with van der Waals surface area (Å²) in [5.41, 5.74) is 0.921. The third kappa shape index (κ3) is 3.81. The zero-order valence-corrected chi connectivity index (χ0v) is 12.2. The fourth-order valence-electron chi connectivity index (χ4n) is 1.72. The van der Waals surface area contributed by atoms with E-state index in [0.29, 0.717) is 11.8 Å². The number of aryl methyl sites for hydroxylation is 2. The van der Waals surface area contributed by atoms with Gasteiger partial charge in [-0.1, -0.05) is 18.3 Å². The smallest absolute Gasteiger partial charge is 0.261 e. The molecule has 19 heavy (non-hydrogen) atoms. The second kappa shape index (κ2) is 7.30. The highest BCUT2D eigenvalue weighted by molar-refractivity contribution is 7.09. The number of aromatic nitrogens is 4. The Bertz CT molecular complexity index is 496. The molecule has 0 bridgehead atoms. The Morgan fingerprint density at radius 1 is 1.16 bits per heavy atom. The van der Waals surface area contributed by atoms with E-state index >= 15 is 0 Å². The summed E-state index contributed by atoms with van der Waals surface area (Å²) >= 11 is 1.31. The molecule has 0 saturated heterocycles. The molecule has 1 N–H and O–H groups in total. The zero-order chi connectivity index (χ0) is 13.5. The molecule has 6 nitrogen and oxygen atoms in total. The van der Waals surface area contributed by atoms with Crippen LogP contribution >= 0.6 is 11.5 Å². The van der Waals surface area contributed by atoms with E-state index in [1.54, 1.807) is 0 Å². The van der Waals surface area contributed by atoms with E-state index in [0.717, 1.165) is 49.3 Å². The Balaban J connectivity index is 1.88. The summed E-state index contributed by atoms with van der Waals surface area (Å²) in [6.07, 6.45) is 3.79. The Hall–Kier alpha value is -1.34. The van der Waals surface area contributed by atoms with Crippen molar-refractivity contribution in [1.82, 2.24) is 25.1 Å². The molecule has 0 saturated carbocycles. The Morgan fingerprint density at radius 2 is 2.05 bits per heavy atom. The fourth-order valence-corrected chi connectivity index (χ4v) is 2.39. The van der Waals surface area contributed by atoms with Crippen LogP contribution in [0.5, 0.6) is 0 Å². The number of hydrogen-bond acceptors (Lipinski definition) is 7. The van der Waals surface area contributed by atoms with Gasteiger partial charge in [0.2, 0.25) is 5.89 Å². The van der Waals surface area contributed by atoms with Gasteiger partial charge in [-0.05, 0) is 43.9 Å². The van der Waals surface area contributed by atoms with Crippen molar-refractivity contribution in [2.24, 2.45) is 0 Å². The molecule has 0 aromatic carbocycles. The second-order valence-corrected chi connectivity index (χ2v) is 5.01. The first-order valence-corrected chi connectivity index (χ1v) is 7.47. The molecule has 2 aromatic heterocycles. The molecular formula is C12H19N5OS. The van der Waals surface area contributed by atoms with E-state index in [-0.39, 0.29) is 0 Å². The van der Waals surface area contributed by atoms with Crippen LogP contribution in [0, 0.1) is 0 Å². The van der Waals surface area contributed by atoms with Gasteiger partial charge < -0.3 is 9.73 Å². The minimum atomic E-state index is 0.545. The number of hydrogen-bond donors (Lipinski definition) is 1. The van der Waals surface area contributed by atoms with Crippen molar-refractivity contribution in [1.29, 1.82) is 0 Å². The van der Waals surface area contributed by atoms with Gasteiger partial charge in [-0.2, -0.15) is 0 Å². The number of rotatable bonds is 8. The highest BCUT2D eigenvalue weighted by Crippen LogP contribution is 2.25. The SMILES string of the molecule is CCCNCCCc1nnc(-c2snnc2CC)o1. The monoisotopic (exact) mass is 281 g/mol. The summed E-state index contributed by atoms with van der Waals surface area (Å²) in [7, 11) is 0. The summed E-state index contributed by atoms with van der Waals surface area (Å²) < 4.78 is 9.59. The Morgan fingerprint density at radius 3 is 2.84 bits per heavy atom. The lowest BCUT2D eigenvalue weighted by atomic mass is 10.3. The van der Waals surface area contributed by atoms with Gasteiger partial charge >= 0.3 is 0 Å². The van der Waals surface area contributed by atoms with E-state index in [1.807, 2.05) is 6.92 Å². The normalized spacial score (nSPS) is 11.1. The maximum atomic E-state index is 5.66. The molecule has 104 valence electrons. The van der Waals surface area contributed by atoms with Crippen molar-refractivity contribution in [3.63, 3.8) is 0 Å². The van der Waals surface area contributed by atoms with Crippen LogP contribution in [0.25, 0.3) is 10.8 Å². The first kappa shape index (κ1) is 14.1. The van der Waals surface area contributed by atoms with Crippen molar-refractivity contribution in [3.05, 3.63) is 11.6 Å². The molecule has 2 rings (SSSR count). The topological polar surface area (TPSA) is 76.7 Å². The van der Waals surface area contributed by atoms with Crippen molar-refractivity contribution in [3.8, 4) is 10.8 Å². The van der Waals surface area contributed by atoms with Crippen LogP contribution in [0.3, 0.4) is 0 Å². The minimum absolute atomic E-state index is 0.545. The first-order chi connectivity index (χ1) is 9.35. The van der Waals surface area contributed by atoms with E-state index in [2.05, 4.69) is 32.0 Å². The van der Waals surface area contributed by atoms with Gasteiger partial charge in [-0.15, -0.1) is 15.3 Å². The van der Waals surface area contributed by atoms with E-state index in [1.165, 1.54) is 11.5 Å². The third-order valence-corrected chi connectivity index (χ3v) is 3.48. The highest BCUT2D eigenvalue weighted by Gasteiger charge is 2.15. The van der Waals surface area contributed by atoms with Crippen LogP contribution in [0.15, 0.2) is 4.42 Å². The fraction of sp³-hybridized carbons (Fsp3) is 0.667. The average molecular weight is 281 g/mol. The second-order valence-electron chi connectivity index (χ2n) is 4.26. The zero-order valence-electron chi connectivity index (χ0n) is 11.3. The molecule has 2 heterocycles. The predicted molar refractivity (Wildman–Crippen MR) is 74.1 cm³/mol. The van der Waals surface area contributed by atoms with Crippen molar-refractivity contribution in [2.75, 3.05) is 13.1 Å². The van der Waals surface area contributed by atoms with Gasteiger partial charge in [0, 0.05) is 6.42 Å². The van der Waals surface area contributed by atoms with Crippen LogP contribution in [0.1, 0.15) is 38.3 Å². The highest BCUT2D eigenvalue weighted by atomic mass is 32.1. The Labute approximate surface area is 116 Å². The summed E-state index contributed by atoms with van der Waals surface area (Å²) in [6.45, 7) is 6.23. The molecule has 0 spiro atoms. The summed E-state index contributed by atoms with van der Waals surface area (Å²) in [5.74, 6) is 1.23. The molecule has 0 radical (unpaired) electrons. The molecule has 0 aliphatic rings. The maximum absolute atomic E-state index is 5.66. The average Bonchev–Trinajstić information content (AvgIpc) is 3.06. The van der Waals surface area contributed by atoms with Gasteiger partial charge in [0.15, 0.2) is 0 Å². The molecular weight excluding hydrogens is 262 g/mol. The molecule has 0 aliphatic heterocycles.